The number of benzene rings is 1. The highest BCUT2D eigenvalue weighted by Gasteiger charge is 2.26. The van der Waals surface area contributed by atoms with E-state index in [1.807, 2.05) is 20.9 Å². The molecule has 1 amide bonds. The second-order valence-electron chi connectivity index (χ2n) is 7.01. The highest BCUT2D eigenvalue weighted by atomic mass is 32.2. The first kappa shape index (κ1) is 20.3. The van der Waals surface area contributed by atoms with Crippen LogP contribution in [-0.2, 0) is 28.4 Å². The molecule has 150 valence electrons. The van der Waals surface area contributed by atoms with E-state index in [9.17, 15) is 13.2 Å². The van der Waals surface area contributed by atoms with Crippen LogP contribution in [-0.4, -0.2) is 41.5 Å². The van der Waals surface area contributed by atoms with Crippen LogP contribution in [0.2, 0.25) is 0 Å². The minimum absolute atomic E-state index is 0.212. The molecule has 1 aromatic carbocycles. The maximum atomic E-state index is 12.5. The molecule has 2 aromatic rings. The van der Waals surface area contributed by atoms with Crippen LogP contribution in [0.3, 0.4) is 0 Å². The fourth-order valence-corrected chi connectivity index (χ4v) is 4.81. The van der Waals surface area contributed by atoms with Gasteiger partial charge in [-0.25, -0.2) is 8.42 Å². The average molecular weight is 403 g/mol. The largest absolute Gasteiger partial charge is 0.348 e. The Kier molecular flexibility index (Phi) is 6.00. The van der Waals surface area contributed by atoms with Crippen molar-refractivity contribution < 1.29 is 13.2 Å². The normalized spacial score (nSPS) is 15.4. The van der Waals surface area contributed by atoms with Gasteiger partial charge in [-0.1, -0.05) is 12.1 Å². The Morgan fingerprint density at radius 2 is 1.82 bits per heavy atom. The Labute approximate surface area is 166 Å². The summed E-state index contributed by atoms with van der Waals surface area (Å²) in [5.41, 5.74) is 3.65. The summed E-state index contributed by atoms with van der Waals surface area (Å²) in [5.74, 6) is -0.212. The predicted octanol–water partition coefficient (Wildman–Crippen LogP) is 2.15. The van der Waals surface area contributed by atoms with Crippen LogP contribution in [0.15, 0.2) is 35.2 Å². The standard InChI is InChI=1S/C20H26N4O3S/c1-15-19(16(2)23(3)22-15)10-11-20(25)21-14-17-6-8-18(9-7-17)28(26,27)24-12-4-5-13-24/h6-11H,4-5,12-14H2,1-3H3,(H,21,25). The summed E-state index contributed by atoms with van der Waals surface area (Å²) in [6.45, 7) is 5.36. The third-order valence-corrected chi connectivity index (χ3v) is 6.97. The van der Waals surface area contributed by atoms with E-state index in [4.69, 9.17) is 0 Å². The second-order valence-corrected chi connectivity index (χ2v) is 8.95. The number of nitrogens with zero attached hydrogens (tertiary/aromatic N) is 3. The zero-order valence-electron chi connectivity index (χ0n) is 16.5. The molecule has 0 aliphatic carbocycles. The van der Waals surface area contributed by atoms with Gasteiger partial charge in [-0.3, -0.25) is 9.48 Å². The van der Waals surface area contributed by atoms with Gasteiger partial charge < -0.3 is 5.32 Å². The van der Waals surface area contributed by atoms with Crippen molar-refractivity contribution >= 4 is 22.0 Å². The highest BCUT2D eigenvalue weighted by Crippen LogP contribution is 2.21. The van der Waals surface area contributed by atoms with E-state index in [0.717, 1.165) is 35.4 Å². The minimum atomic E-state index is -3.41. The molecule has 1 aliphatic rings. The Morgan fingerprint density at radius 3 is 2.39 bits per heavy atom. The SMILES string of the molecule is Cc1nn(C)c(C)c1C=CC(=O)NCc1ccc(S(=O)(=O)N2CCCC2)cc1. The van der Waals surface area contributed by atoms with Gasteiger partial charge in [-0.05, 0) is 50.5 Å². The molecule has 0 atom stereocenters. The first-order valence-corrected chi connectivity index (χ1v) is 10.8. The lowest BCUT2D eigenvalue weighted by Gasteiger charge is -2.15. The number of carbonyl (C=O) groups is 1. The molecule has 2 heterocycles. The maximum absolute atomic E-state index is 12.5. The molecule has 0 saturated carbocycles. The molecule has 1 aliphatic heterocycles. The van der Waals surface area contributed by atoms with Gasteiger partial charge in [0.2, 0.25) is 15.9 Å². The van der Waals surface area contributed by atoms with Crippen molar-refractivity contribution in [3.8, 4) is 0 Å². The molecule has 7 nitrogen and oxygen atoms in total. The van der Waals surface area contributed by atoms with E-state index < -0.39 is 10.0 Å². The highest BCUT2D eigenvalue weighted by molar-refractivity contribution is 7.89. The van der Waals surface area contributed by atoms with Crippen molar-refractivity contribution in [2.75, 3.05) is 13.1 Å². The molecule has 0 radical (unpaired) electrons. The number of sulfonamides is 1. The second kappa shape index (κ2) is 8.28. The summed E-state index contributed by atoms with van der Waals surface area (Å²) in [4.78, 5) is 12.4. The van der Waals surface area contributed by atoms with Gasteiger partial charge in [0.25, 0.3) is 0 Å². The fourth-order valence-electron chi connectivity index (χ4n) is 3.30. The van der Waals surface area contributed by atoms with Crippen LogP contribution >= 0.6 is 0 Å². The molecule has 28 heavy (non-hydrogen) atoms. The van der Waals surface area contributed by atoms with E-state index >= 15 is 0 Å². The monoisotopic (exact) mass is 402 g/mol. The number of nitrogens with one attached hydrogen (secondary N) is 1. The van der Waals surface area contributed by atoms with Gasteiger partial charge in [0.1, 0.15) is 0 Å². The summed E-state index contributed by atoms with van der Waals surface area (Å²) in [6, 6.07) is 6.69. The molecule has 0 spiro atoms. The van der Waals surface area contributed by atoms with Crippen LogP contribution in [0, 0.1) is 13.8 Å². The summed E-state index contributed by atoms with van der Waals surface area (Å²) < 4.78 is 28.4. The van der Waals surface area contributed by atoms with Crippen LogP contribution in [0.25, 0.3) is 6.08 Å². The average Bonchev–Trinajstić information content (AvgIpc) is 3.29. The summed E-state index contributed by atoms with van der Waals surface area (Å²) in [6.07, 6.45) is 5.08. The third-order valence-electron chi connectivity index (χ3n) is 5.06. The Bertz CT molecular complexity index is 985. The van der Waals surface area contributed by atoms with Crippen molar-refractivity contribution in [3.63, 3.8) is 0 Å². The first-order chi connectivity index (χ1) is 13.3. The van der Waals surface area contributed by atoms with E-state index in [1.165, 1.54) is 10.4 Å². The van der Waals surface area contributed by atoms with Gasteiger partial charge in [-0.2, -0.15) is 9.40 Å². The molecule has 0 unspecified atom stereocenters. The smallest absolute Gasteiger partial charge is 0.244 e. The summed E-state index contributed by atoms with van der Waals surface area (Å²) in [7, 11) is -1.54. The lowest BCUT2D eigenvalue weighted by molar-refractivity contribution is -0.116. The molecule has 1 aromatic heterocycles. The Balaban J connectivity index is 1.59. The molecular formula is C20H26N4O3S. The van der Waals surface area contributed by atoms with Crippen LogP contribution in [0.4, 0.5) is 0 Å². The van der Waals surface area contributed by atoms with Gasteiger partial charge in [0, 0.05) is 44.0 Å². The Hall–Kier alpha value is -2.45. The third kappa shape index (κ3) is 4.34. The van der Waals surface area contributed by atoms with Gasteiger partial charge >= 0.3 is 0 Å². The molecule has 1 fully saturated rings. The Morgan fingerprint density at radius 1 is 1.18 bits per heavy atom. The van der Waals surface area contributed by atoms with Crippen molar-refractivity contribution in [2.24, 2.45) is 7.05 Å². The lowest BCUT2D eigenvalue weighted by Crippen LogP contribution is -2.27. The number of rotatable bonds is 6. The van der Waals surface area contributed by atoms with E-state index in [2.05, 4.69) is 10.4 Å². The van der Waals surface area contributed by atoms with E-state index in [-0.39, 0.29) is 5.91 Å². The topological polar surface area (TPSA) is 84.3 Å². The first-order valence-electron chi connectivity index (χ1n) is 9.34. The van der Waals surface area contributed by atoms with Crippen molar-refractivity contribution in [2.45, 2.75) is 38.1 Å². The van der Waals surface area contributed by atoms with Crippen molar-refractivity contribution in [1.82, 2.24) is 19.4 Å². The van der Waals surface area contributed by atoms with Gasteiger partial charge in [0.15, 0.2) is 0 Å². The molecule has 3 rings (SSSR count). The van der Waals surface area contributed by atoms with Crippen LogP contribution < -0.4 is 5.32 Å². The van der Waals surface area contributed by atoms with Crippen molar-refractivity contribution in [3.05, 3.63) is 52.9 Å². The number of hydrogen-bond donors (Lipinski definition) is 1. The number of hydrogen-bond acceptors (Lipinski definition) is 4. The molecule has 1 saturated heterocycles. The van der Waals surface area contributed by atoms with Gasteiger partial charge in [0.05, 0.1) is 10.6 Å². The van der Waals surface area contributed by atoms with Crippen LogP contribution in [0.1, 0.15) is 35.4 Å². The van der Waals surface area contributed by atoms with Crippen molar-refractivity contribution in [1.29, 1.82) is 0 Å². The molecule has 8 heteroatoms. The fraction of sp³-hybridized carbons (Fsp3) is 0.400. The lowest BCUT2D eigenvalue weighted by atomic mass is 10.2. The van der Waals surface area contributed by atoms with Crippen LogP contribution in [0.5, 0.6) is 0 Å². The zero-order valence-corrected chi connectivity index (χ0v) is 17.3. The molecular weight excluding hydrogens is 376 g/mol. The zero-order chi connectivity index (χ0) is 20.3. The number of aromatic nitrogens is 2. The summed E-state index contributed by atoms with van der Waals surface area (Å²) in [5, 5.41) is 7.14. The maximum Gasteiger partial charge on any atom is 0.244 e. The predicted molar refractivity (Wildman–Crippen MR) is 108 cm³/mol. The molecule has 0 bridgehead atoms. The van der Waals surface area contributed by atoms with Gasteiger partial charge in [-0.15, -0.1) is 0 Å². The molecule has 1 N–H and O–H groups in total. The minimum Gasteiger partial charge on any atom is -0.348 e. The number of amides is 1. The van der Waals surface area contributed by atoms with E-state index in [0.29, 0.717) is 24.5 Å². The number of carbonyl (C=O) groups excluding carboxylic acids is 1. The summed E-state index contributed by atoms with van der Waals surface area (Å²) >= 11 is 0. The number of aryl methyl sites for hydroxylation is 2. The van der Waals surface area contributed by atoms with E-state index in [1.54, 1.807) is 35.0 Å². The quantitative estimate of drug-likeness (QED) is 0.751.